The van der Waals surface area contributed by atoms with Crippen LogP contribution in [0.4, 0.5) is 5.82 Å². The van der Waals surface area contributed by atoms with Crippen molar-refractivity contribution in [2.24, 2.45) is 24.8 Å². The molecule has 0 amide bonds. The second kappa shape index (κ2) is 3.83. The lowest BCUT2D eigenvalue weighted by molar-refractivity contribution is -0.391. The smallest absolute Gasteiger partial charge is 0.358 e. The summed E-state index contributed by atoms with van der Waals surface area (Å²) in [5.41, 5.74) is 2.01. The third-order valence-corrected chi connectivity index (χ3v) is 6.06. The maximum atomic E-state index is 11.4. The Kier molecular flexibility index (Phi) is 2.37. The van der Waals surface area contributed by atoms with E-state index in [0.717, 1.165) is 48.3 Å². The summed E-state index contributed by atoms with van der Waals surface area (Å²) in [7, 11) is 1.83. The van der Waals surface area contributed by atoms with Crippen LogP contribution in [0.15, 0.2) is 0 Å². The van der Waals surface area contributed by atoms with E-state index in [0.29, 0.717) is 0 Å². The number of aryl methyl sites for hydroxylation is 1. The second-order valence-corrected chi connectivity index (χ2v) is 7.36. The summed E-state index contributed by atoms with van der Waals surface area (Å²) in [6.07, 6.45) is 7.50. The summed E-state index contributed by atoms with van der Waals surface area (Å²) < 4.78 is 1.70. The Morgan fingerprint density at radius 2 is 1.70 bits per heavy atom. The summed E-state index contributed by atoms with van der Waals surface area (Å²) in [6.45, 7) is 1.99. The third-order valence-electron chi connectivity index (χ3n) is 6.06. The van der Waals surface area contributed by atoms with Crippen molar-refractivity contribution in [1.29, 1.82) is 0 Å². The molecule has 4 saturated carbocycles. The zero-order valence-electron chi connectivity index (χ0n) is 12.1. The van der Waals surface area contributed by atoms with E-state index in [9.17, 15) is 10.1 Å². The molecule has 5 rings (SSSR count). The van der Waals surface area contributed by atoms with E-state index in [1.807, 2.05) is 14.0 Å². The molecule has 1 aromatic heterocycles. The maximum Gasteiger partial charge on any atom is 0.393 e. The van der Waals surface area contributed by atoms with Crippen molar-refractivity contribution in [2.75, 3.05) is 0 Å². The largest absolute Gasteiger partial charge is 0.393 e. The highest BCUT2D eigenvalue weighted by atomic mass is 16.6. The van der Waals surface area contributed by atoms with E-state index in [1.165, 1.54) is 19.3 Å². The molecule has 0 radical (unpaired) electrons. The molecule has 1 heterocycles. The molecule has 1 aromatic rings. The lowest BCUT2D eigenvalue weighted by atomic mass is 9.48. The molecule has 0 aromatic carbocycles. The number of hydrogen-bond acceptors (Lipinski definition) is 3. The van der Waals surface area contributed by atoms with Gasteiger partial charge in [0.25, 0.3) is 0 Å². The van der Waals surface area contributed by atoms with Crippen LogP contribution in [0.2, 0.25) is 0 Å². The van der Waals surface area contributed by atoms with Crippen molar-refractivity contribution in [3.63, 3.8) is 0 Å². The minimum Gasteiger partial charge on any atom is -0.358 e. The zero-order valence-corrected chi connectivity index (χ0v) is 12.1. The molecule has 0 spiro atoms. The molecule has 4 aliphatic carbocycles. The second-order valence-electron chi connectivity index (χ2n) is 7.36. The summed E-state index contributed by atoms with van der Waals surface area (Å²) >= 11 is 0. The molecule has 0 aliphatic heterocycles. The van der Waals surface area contributed by atoms with Crippen LogP contribution in [0, 0.1) is 34.8 Å². The first kappa shape index (κ1) is 12.4. The fourth-order valence-corrected chi connectivity index (χ4v) is 5.76. The Morgan fingerprint density at radius 1 is 1.20 bits per heavy atom. The van der Waals surface area contributed by atoms with E-state index in [-0.39, 0.29) is 16.2 Å². The van der Waals surface area contributed by atoms with Gasteiger partial charge < -0.3 is 10.1 Å². The van der Waals surface area contributed by atoms with Crippen LogP contribution < -0.4 is 0 Å². The van der Waals surface area contributed by atoms with Gasteiger partial charge in [-0.3, -0.25) is 0 Å². The standard InChI is InChI=1S/C15H21N3O2/c1-9-13(14(18(19)20)16-17(9)2)15-6-10-3-11(7-15)5-12(4-10)8-15/h10-12H,3-8H2,1-2H3. The van der Waals surface area contributed by atoms with Crippen LogP contribution in [0.5, 0.6) is 0 Å². The Labute approximate surface area is 118 Å². The molecular weight excluding hydrogens is 254 g/mol. The Balaban J connectivity index is 1.87. The predicted molar refractivity (Wildman–Crippen MR) is 74.4 cm³/mol. The summed E-state index contributed by atoms with van der Waals surface area (Å²) in [4.78, 5) is 11.1. The monoisotopic (exact) mass is 275 g/mol. The quantitative estimate of drug-likeness (QED) is 0.615. The molecule has 0 saturated heterocycles. The average molecular weight is 275 g/mol. The van der Waals surface area contributed by atoms with Gasteiger partial charge in [-0.1, -0.05) is 0 Å². The van der Waals surface area contributed by atoms with Gasteiger partial charge in [0.2, 0.25) is 0 Å². The van der Waals surface area contributed by atoms with Gasteiger partial charge in [0, 0.05) is 5.41 Å². The van der Waals surface area contributed by atoms with Gasteiger partial charge in [0.1, 0.15) is 0 Å². The van der Waals surface area contributed by atoms with E-state index in [4.69, 9.17) is 0 Å². The molecule has 4 bridgehead atoms. The molecule has 0 N–H and O–H groups in total. The van der Waals surface area contributed by atoms with Crippen LogP contribution in [0.25, 0.3) is 0 Å². The van der Waals surface area contributed by atoms with Crippen LogP contribution in [-0.4, -0.2) is 14.7 Å². The number of rotatable bonds is 2. The number of aromatic nitrogens is 2. The lowest BCUT2D eigenvalue weighted by Crippen LogP contribution is -2.48. The molecule has 5 nitrogen and oxygen atoms in total. The highest BCUT2D eigenvalue weighted by molar-refractivity contribution is 5.44. The number of hydrogen-bond donors (Lipinski definition) is 0. The zero-order chi connectivity index (χ0) is 14.1. The molecule has 20 heavy (non-hydrogen) atoms. The van der Waals surface area contributed by atoms with Gasteiger partial charge >= 0.3 is 5.82 Å². The molecule has 5 heteroatoms. The fourth-order valence-electron chi connectivity index (χ4n) is 5.76. The van der Waals surface area contributed by atoms with Gasteiger partial charge in [-0.05, 0) is 68.1 Å². The van der Waals surface area contributed by atoms with Gasteiger partial charge in [0.05, 0.1) is 23.4 Å². The predicted octanol–water partition coefficient (Wildman–Crippen LogP) is 3.10. The minimum absolute atomic E-state index is 0.0511. The van der Waals surface area contributed by atoms with Crippen molar-refractivity contribution in [2.45, 2.75) is 50.9 Å². The first-order valence-corrected chi connectivity index (χ1v) is 7.67. The van der Waals surface area contributed by atoms with Crippen LogP contribution in [0.3, 0.4) is 0 Å². The van der Waals surface area contributed by atoms with E-state index < -0.39 is 0 Å². The van der Waals surface area contributed by atoms with Crippen molar-refractivity contribution >= 4 is 5.82 Å². The molecule has 4 aliphatic rings. The maximum absolute atomic E-state index is 11.4. The molecule has 0 unspecified atom stereocenters. The normalized spacial score (nSPS) is 38.4. The van der Waals surface area contributed by atoms with Crippen LogP contribution in [0.1, 0.15) is 49.8 Å². The van der Waals surface area contributed by atoms with E-state index in [2.05, 4.69) is 5.10 Å². The van der Waals surface area contributed by atoms with E-state index in [1.54, 1.807) is 4.68 Å². The summed E-state index contributed by atoms with van der Waals surface area (Å²) in [5, 5.41) is 15.6. The lowest BCUT2D eigenvalue weighted by Gasteiger charge is -2.56. The topological polar surface area (TPSA) is 61.0 Å². The van der Waals surface area contributed by atoms with Crippen LogP contribution in [-0.2, 0) is 12.5 Å². The van der Waals surface area contributed by atoms with Gasteiger partial charge in [-0.25, -0.2) is 0 Å². The Morgan fingerprint density at radius 3 is 2.15 bits per heavy atom. The summed E-state index contributed by atoms with van der Waals surface area (Å²) in [5.74, 6) is 2.49. The van der Waals surface area contributed by atoms with E-state index >= 15 is 0 Å². The van der Waals surface area contributed by atoms with Crippen molar-refractivity contribution in [1.82, 2.24) is 9.78 Å². The fraction of sp³-hybridized carbons (Fsp3) is 0.800. The highest BCUT2D eigenvalue weighted by Gasteiger charge is 2.55. The Bertz CT molecular complexity index is 555. The van der Waals surface area contributed by atoms with Gasteiger partial charge in [0.15, 0.2) is 0 Å². The van der Waals surface area contributed by atoms with Crippen molar-refractivity contribution in [3.8, 4) is 0 Å². The van der Waals surface area contributed by atoms with Crippen LogP contribution >= 0.6 is 0 Å². The molecular formula is C15H21N3O2. The number of nitro groups is 1. The highest BCUT2D eigenvalue weighted by Crippen LogP contribution is 2.62. The molecule has 108 valence electrons. The summed E-state index contributed by atoms with van der Waals surface area (Å²) in [6, 6.07) is 0. The van der Waals surface area contributed by atoms with Crippen molar-refractivity contribution in [3.05, 3.63) is 21.4 Å². The minimum atomic E-state index is -0.277. The SMILES string of the molecule is Cc1c(C23CC4CC(CC(C4)C2)C3)c([N+](=O)[O-])nn1C. The third kappa shape index (κ3) is 1.52. The molecule has 4 fully saturated rings. The van der Waals surface area contributed by atoms with Crippen molar-refractivity contribution < 1.29 is 4.92 Å². The molecule has 0 atom stereocenters. The first-order valence-electron chi connectivity index (χ1n) is 7.67. The first-order chi connectivity index (χ1) is 9.48. The van der Waals surface area contributed by atoms with Gasteiger partial charge in [-0.2, -0.15) is 4.68 Å². The Hall–Kier alpha value is -1.39. The number of nitrogens with zero attached hydrogens (tertiary/aromatic N) is 3. The average Bonchev–Trinajstić information content (AvgIpc) is 2.65. The van der Waals surface area contributed by atoms with Gasteiger partial charge in [-0.15, -0.1) is 0 Å².